The Morgan fingerprint density at radius 3 is 2.95 bits per heavy atom. The van der Waals surface area contributed by atoms with Gasteiger partial charge in [-0.15, -0.1) is 22.7 Å². The van der Waals surface area contributed by atoms with Crippen LogP contribution in [0.3, 0.4) is 0 Å². The number of ether oxygens (including phenoxy) is 1. The number of nitrogens with zero attached hydrogens (tertiary/aromatic N) is 1. The molecule has 2 N–H and O–H groups in total. The van der Waals surface area contributed by atoms with Crippen molar-refractivity contribution in [3.63, 3.8) is 0 Å². The van der Waals surface area contributed by atoms with Gasteiger partial charge in [-0.2, -0.15) is 0 Å². The minimum atomic E-state index is -0.159. The molecule has 0 aliphatic rings. The minimum Gasteiger partial charge on any atom is -0.383 e. The van der Waals surface area contributed by atoms with Crippen molar-refractivity contribution in [2.75, 3.05) is 25.6 Å². The normalized spacial score (nSPS) is 10.4. The van der Waals surface area contributed by atoms with Crippen LogP contribution in [-0.2, 0) is 16.0 Å². The third-order valence-corrected chi connectivity index (χ3v) is 4.43. The molecule has 6 nitrogen and oxygen atoms in total. The molecule has 0 aromatic carbocycles. The second kappa shape index (κ2) is 8.62. The van der Waals surface area contributed by atoms with Gasteiger partial charge in [-0.3, -0.25) is 14.9 Å². The van der Waals surface area contributed by atoms with Gasteiger partial charge in [0, 0.05) is 25.5 Å². The molecule has 2 amide bonds. The number of aryl methyl sites for hydroxylation is 1. The zero-order chi connectivity index (χ0) is 15.8. The molecule has 0 saturated heterocycles. The van der Waals surface area contributed by atoms with Crippen molar-refractivity contribution in [1.82, 2.24) is 10.3 Å². The predicted octanol–water partition coefficient (Wildman–Crippen LogP) is 2.15. The number of carbonyl (C=O) groups excluding carboxylic acids is 2. The van der Waals surface area contributed by atoms with Crippen LogP contribution in [0.1, 0.15) is 21.8 Å². The van der Waals surface area contributed by atoms with Crippen LogP contribution in [0, 0.1) is 0 Å². The van der Waals surface area contributed by atoms with Crippen molar-refractivity contribution >= 4 is 39.6 Å². The van der Waals surface area contributed by atoms with E-state index in [1.165, 1.54) is 22.7 Å². The molecule has 2 heterocycles. The highest BCUT2D eigenvalue weighted by atomic mass is 32.1. The van der Waals surface area contributed by atoms with E-state index in [4.69, 9.17) is 4.74 Å². The van der Waals surface area contributed by atoms with Gasteiger partial charge in [0.1, 0.15) is 0 Å². The molecular weight excluding hydrogens is 322 g/mol. The highest BCUT2D eigenvalue weighted by Gasteiger charge is 2.10. The number of aromatic nitrogens is 1. The average molecular weight is 339 g/mol. The third-order valence-electron chi connectivity index (χ3n) is 2.75. The SMILES string of the molecule is COCCNC(=O)CCc1csc(NC(=O)c2cccs2)n1. The number of amides is 2. The van der Waals surface area contributed by atoms with Crippen molar-refractivity contribution < 1.29 is 14.3 Å². The first kappa shape index (κ1) is 16.6. The number of hydrogen-bond donors (Lipinski definition) is 2. The highest BCUT2D eigenvalue weighted by Crippen LogP contribution is 2.18. The van der Waals surface area contributed by atoms with Gasteiger partial charge < -0.3 is 10.1 Å². The van der Waals surface area contributed by atoms with E-state index in [0.29, 0.717) is 36.0 Å². The van der Waals surface area contributed by atoms with Crippen molar-refractivity contribution in [2.24, 2.45) is 0 Å². The summed E-state index contributed by atoms with van der Waals surface area (Å²) in [5.74, 6) is -0.192. The molecule has 2 aromatic heterocycles. The van der Waals surface area contributed by atoms with E-state index in [0.717, 1.165) is 5.69 Å². The zero-order valence-electron chi connectivity index (χ0n) is 12.1. The first-order chi connectivity index (χ1) is 10.7. The lowest BCUT2D eigenvalue weighted by atomic mass is 10.2. The molecule has 0 fully saturated rings. The number of thiazole rings is 1. The molecule has 0 aliphatic carbocycles. The van der Waals surface area contributed by atoms with Gasteiger partial charge in [-0.1, -0.05) is 6.07 Å². The van der Waals surface area contributed by atoms with Crippen molar-refractivity contribution in [2.45, 2.75) is 12.8 Å². The standard InChI is InChI=1S/C14H17N3O3S2/c1-20-7-6-15-12(18)5-4-10-9-22-14(16-10)17-13(19)11-3-2-8-21-11/h2-3,8-9H,4-7H2,1H3,(H,15,18)(H,16,17,19). The second-order valence-electron chi connectivity index (χ2n) is 4.42. The Bertz CT molecular complexity index is 611. The second-order valence-corrected chi connectivity index (χ2v) is 6.22. The predicted molar refractivity (Wildman–Crippen MR) is 87.6 cm³/mol. The number of thiophene rings is 1. The van der Waals surface area contributed by atoms with E-state index in [2.05, 4.69) is 15.6 Å². The summed E-state index contributed by atoms with van der Waals surface area (Å²) >= 11 is 2.74. The molecule has 0 radical (unpaired) electrons. The Labute approximate surface area is 136 Å². The average Bonchev–Trinajstić information content (AvgIpc) is 3.17. The molecule has 0 spiro atoms. The monoisotopic (exact) mass is 339 g/mol. The van der Waals surface area contributed by atoms with E-state index in [1.54, 1.807) is 13.2 Å². The maximum atomic E-state index is 11.9. The molecule has 0 bridgehead atoms. The summed E-state index contributed by atoms with van der Waals surface area (Å²) < 4.78 is 4.86. The van der Waals surface area contributed by atoms with Crippen LogP contribution in [0.25, 0.3) is 0 Å². The lowest BCUT2D eigenvalue weighted by molar-refractivity contribution is -0.121. The van der Waals surface area contributed by atoms with Crippen molar-refractivity contribution in [1.29, 1.82) is 0 Å². The molecule has 0 saturated carbocycles. The summed E-state index contributed by atoms with van der Waals surface area (Å²) in [6.45, 7) is 1.01. The van der Waals surface area contributed by atoms with E-state index in [1.807, 2.05) is 16.8 Å². The molecule has 8 heteroatoms. The summed E-state index contributed by atoms with van der Waals surface area (Å²) in [6, 6.07) is 3.59. The van der Waals surface area contributed by atoms with E-state index in [-0.39, 0.29) is 11.8 Å². The van der Waals surface area contributed by atoms with E-state index >= 15 is 0 Å². The lowest BCUT2D eigenvalue weighted by Crippen LogP contribution is -2.27. The summed E-state index contributed by atoms with van der Waals surface area (Å²) in [4.78, 5) is 28.4. The number of hydrogen-bond acceptors (Lipinski definition) is 6. The first-order valence-electron chi connectivity index (χ1n) is 6.74. The smallest absolute Gasteiger partial charge is 0.267 e. The van der Waals surface area contributed by atoms with Gasteiger partial charge in [0.15, 0.2) is 5.13 Å². The number of nitrogens with one attached hydrogen (secondary N) is 2. The van der Waals surface area contributed by atoms with Crippen LogP contribution in [-0.4, -0.2) is 37.1 Å². The van der Waals surface area contributed by atoms with Crippen LogP contribution in [0.4, 0.5) is 5.13 Å². The Kier molecular flexibility index (Phi) is 6.50. The van der Waals surface area contributed by atoms with Crippen LogP contribution in [0.5, 0.6) is 0 Å². The molecule has 118 valence electrons. The Morgan fingerprint density at radius 1 is 1.36 bits per heavy atom. The highest BCUT2D eigenvalue weighted by molar-refractivity contribution is 7.14. The van der Waals surface area contributed by atoms with Gasteiger partial charge in [-0.25, -0.2) is 4.98 Å². The lowest BCUT2D eigenvalue weighted by Gasteiger charge is -2.03. The van der Waals surface area contributed by atoms with Gasteiger partial charge in [0.05, 0.1) is 17.2 Å². The Balaban J connectivity index is 1.77. The van der Waals surface area contributed by atoms with E-state index < -0.39 is 0 Å². The fraction of sp³-hybridized carbons (Fsp3) is 0.357. The first-order valence-corrected chi connectivity index (χ1v) is 8.50. The number of carbonyl (C=O) groups is 2. The fourth-order valence-electron chi connectivity index (χ4n) is 1.67. The summed E-state index contributed by atoms with van der Waals surface area (Å²) in [7, 11) is 1.59. The number of anilines is 1. The number of methoxy groups -OCH3 is 1. The Morgan fingerprint density at radius 2 is 2.23 bits per heavy atom. The maximum Gasteiger partial charge on any atom is 0.267 e. The van der Waals surface area contributed by atoms with Gasteiger partial charge in [0.25, 0.3) is 5.91 Å². The Hall–Kier alpha value is -1.77. The largest absolute Gasteiger partial charge is 0.383 e. The van der Waals surface area contributed by atoms with Gasteiger partial charge in [-0.05, 0) is 17.9 Å². The summed E-state index contributed by atoms with van der Waals surface area (Å²) in [5.41, 5.74) is 0.799. The van der Waals surface area contributed by atoms with Crippen LogP contribution < -0.4 is 10.6 Å². The third kappa shape index (κ3) is 5.21. The molecule has 0 atom stereocenters. The quantitative estimate of drug-likeness (QED) is 0.722. The molecule has 0 aliphatic heterocycles. The molecular formula is C14H17N3O3S2. The van der Waals surface area contributed by atoms with E-state index in [9.17, 15) is 9.59 Å². The van der Waals surface area contributed by atoms with Crippen molar-refractivity contribution in [3.8, 4) is 0 Å². The zero-order valence-corrected chi connectivity index (χ0v) is 13.8. The summed E-state index contributed by atoms with van der Waals surface area (Å²) in [5, 5.41) is 9.77. The molecule has 22 heavy (non-hydrogen) atoms. The van der Waals surface area contributed by atoms with Crippen LogP contribution in [0.2, 0.25) is 0 Å². The van der Waals surface area contributed by atoms with Gasteiger partial charge >= 0.3 is 0 Å². The minimum absolute atomic E-state index is 0.0331. The fourth-order valence-corrected chi connectivity index (χ4v) is 3.03. The van der Waals surface area contributed by atoms with Crippen LogP contribution in [0.15, 0.2) is 22.9 Å². The molecule has 0 unspecified atom stereocenters. The van der Waals surface area contributed by atoms with Gasteiger partial charge in [0.2, 0.25) is 5.91 Å². The van der Waals surface area contributed by atoms with Crippen molar-refractivity contribution in [3.05, 3.63) is 33.5 Å². The maximum absolute atomic E-state index is 11.9. The molecule has 2 rings (SSSR count). The molecule has 2 aromatic rings. The van der Waals surface area contributed by atoms with Crippen LogP contribution >= 0.6 is 22.7 Å². The topological polar surface area (TPSA) is 80.3 Å². The number of rotatable bonds is 8. The summed E-state index contributed by atoms with van der Waals surface area (Å²) in [6.07, 6.45) is 0.913.